The van der Waals surface area contributed by atoms with Gasteiger partial charge in [-0.1, -0.05) is 31.5 Å². The first kappa shape index (κ1) is 25.3. The molecule has 0 aliphatic heterocycles. The van der Waals surface area contributed by atoms with Gasteiger partial charge in [0.15, 0.2) is 0 Å². The van der Waals surface area contributed by atoms with Crippen LogP contribution < -0.4 is 4.72 Å². The molecule has 0 saturated carbocycles. The van der Waals surface area contributed by atoms with Crippen molar-refractivity contribution >= 4 is 16.0 Å². The quantitative estimate of drug-likeness (QED) is 0.491. The molecule has 164 valence electrons. The van der Waals surface area contributed by atoms with Gasteiger partial charge in [0.25, 0.3) is 0 Å². The van der Waals surface area contributed by atoms with Crippen LogP contribution in [-0.4, -0.2) is 37.7 Å². The van der Waals surface area contributed by atoms with Gasteiger partial charge in [0.2, 0.25) is 10.0 Å². The lowest BCUT2D eigenvalue weighted by Crippen LogP contribution is -2.33. The number of rotatable bonds is 8. The highest BCUT2D eigenvalue weighted by atomic mass is 32.2. The Kier molecular flexibility index (Phi) is 8.62. The van der Waals surface area contributed by atoms with Crippen molar-refractivity contribution in [2.75, 3.05) is 6.54 Å². The summed E-state index contributed by atoms with van der Waals surface area (Å²) in [5.74, 6) is -0.325. The third kappa shape index (κ3) is 8.28. The summed E-state index contributed by atoms with van der Waals surface area (Å²) in [7, 11) is -3.80. The number of sulfonamides is 1. The average molecular weight is 426 g/mol. The molecule has 29 heavy (non-hydrogen) atoms. The first-order chi connectivity index (χ1) is 13.1. The van der Waals surface area contributed by atoms with Crippen molar-refractivity contribution in [1.82, 2.24) is 4.72 Å². The molecule has 1 aromatic carbocycles. The van der Waals surface area contributed by atoms with E-state index in [-0.39, 0.29) is 17.4 Å². The molecule has 0 spiro atoms. The lowest BCUT2D eigenvalue weighted by molar-refractivity contribution is -0.150. The molecule has 0 fully saturated rings. The molecular formula is C22H35NO5S. The average Bonchev–Trinajstić information content (AvgIpc) is 2.49. The first-order valence-electron chi connectivity index (χ1n) is 9.82. The van der Waals surface area contributed by atoms with Gasteiger partial charge in [0.1, 0.15) is 5.60 Å². The van der Waals surface area contributed by atoms with Gasteiger partial charge < -0.3 is 9.84 Å². The SMILES string of the molecule is Cc1cc(C)c(S(=O)(=O)NC[C@H](O)C=C(CC(C)C)C(=O)OC(C)(C)C)c(C)c1. The molecule has 2 N–H and O–H groups in total. The van der Waals surface area contributed by atoms with Crippen LogP contribution in [-0.2, 0) is 19.6 Å². The fourth-order valence-corrected chi connectivity index (χ4v) is 4.65. The van der Waals surface area contributed by atoms with Gasteiger partial charge in [-0.15, -0.1) is 0 Å². The van der Waals surface area contributed by atoms with E-state index in [1.807, 2.05) is 20.8 Å². The predicted molar refractivity (Wildman–Crippen MR) is 115 cm³/mol. The Morgan fingerprint density at radius 1 is 1.17 bits per heavy atom. The molecule has 1 rings (SSSR count). The van der Waals surface area contributed by atoms with Gasteiger partial charge in [-0.05, 0) is 71.1 Å². The largest absolute Gasteiger partial charge is 0.457 e. The van der Waals surface area contributed by atoms with Crippen LogP contribution in [0, 0.1) is 26.7 Å². The predicted octanol–water partition coefficient (Wildman–Crippen LogP) is 3.57. The van der Waals surface area contributed by atoms with E-state index in [4.69, 9.17) is 4.74 Å². The molecular weight excluding hydrogens is 390 g/mol. The number of hydrogen-bond acceptors (Lipinski definition) is 5. The maximum absolute atomic E-state index is 12.7. The summed E-state index contributed by atoms with van der Waals surface area (Å²) in [6, 6.07) is 3.61. The van der Waals surface area contributed by atoms with E-state index < -0.39 is 27.7 Å². The highest BCUT2D eigenvalue weighted by Crippen LogP contribution is 2.22. The Bertz CT molecular complexity index is 841. The summed E-state index contributed by atoms with van der Waals surface area (Å²) in [6.07, 6.45) is 0.650. The van der Waals surface area contributed by atoms with Crippen LogP contribution in [0.3, 0.4) is 0 Å². The summed E-state index contributed by atoms with van der Waals surface area (Å²) in [5, 5.41) is 10.4. The highest BCUT2D eigenvalue weighted by molar-refractivity contribution is 7.89. The summed E-state index contributed by atoms with van der Waals surface area (Å²) in [5.41, 5.74) is 1.96. The second kappa shape index (κ2) is 9.87. The monoisotopic (exact) mass is 425 g/mol. The van der Waals surface area contributed by atoms with Crippen molar-refractivity contribution in [1.29, 1.82) is 0 Å². The van der Waals surface area contributed by atoms with Crippen LogP contribution in [0.5, 0.6) is 0 Å². The first-order valence-corrected chi connectivity index (χ1v) is 11.3. The van der Waals surface area contributed by atoms with Gasteiger partial charge in [-0.2, -0.15) is 0 Å². The second-order valence-electron chi connectivity index (χ2n) is 8.94. The van der Waals surface area contributed by atoms with Crippen LogP contribution in [0.2, 0.25) is 0 Å². The van der Waals surface area contributed by atoms with Crippen molar-refractivity contribution in [3.8, 4) is 0 Å². The maximum Gasteiger partial charge on any atom is 0.334 e. The number of aliphatic hydroxyl groups is 1. The van der Waals surface area contributed by atoms with Crippen LogP contribution in [0.1, 0.15) is 57.7 Å². The van der Waals surface area contributed by atoms with Gasteiger partial charge in [0.05, 0.1) is 11.0 Å². The number of aliphatic hydroxyl groups excluding tert-OH is 1. The topological polar surface area (TPSA) is 92.7 Å². The molecule has 0 bridgehead atoms. The smallest absolute Gasteiger partial charge is 0.334 e. The third-order valence-corrected chi connectivity index (χ3v) is 5.77. The van der Waals surface area contributed by atoms with Crippen molar-refractivity contribution in [2.45, 2.75) is 78.4 Å². The Hall–Kier alpha value is -1.70. The summed E-state index contributed by atoms with van der Waals surface area (Å²) in [4.78, 5) is 12.6. The molecule has 0 saturated heterocycles. The van der Waals surface area contributed by atoms with Crippen molar-refractivity contribution in [3.05, 3.63) is 40.5 Å². The maximum atomic E-state index is 12.7. The minimum Gasteiger partial charge on any atom is -0.457 e. The molecule has 6 nitrogen and oxygen atoms in total. The molecule has 0 radical (unpaired) electrons. The van der Waals surface area contributed by atoms with Crippen LogP contribution >= 0.6 is 0 Å². The minimum absolute atomic E-state index is 0.176. The van der Waals surface area contributed by atoms with E-state index in [9.17, 15) is 18.3 Å². The summed E-state index contributed by atoms with van der Waals surface area (Å²) < 4.78 is 33.3. The van der Waals surface area contributed by atoms with E-state index in [1.54, 1.807) is 46.8 Å². The number of esters is 1. The number of carbonyl (C=O) groups is 1. The van der Waals surface area contributed by atoms with Crippen molar-refractivity contribution in [3.63, 3.8) is 0 Å². The van der Waals surface area contributed by atoms with Gasteiger partial charge >= 0.3 is 5.97 Å². The zero-order valence-corrected chi connectivity index (χ0v) is 19.6. The molecule has 0 aliphatic carbocycles. The second-order valence-corrected chi connectivity index (χ2v) is 10.6. The highest BCUT2D eigenvalue weighted by Gasteiger charge is 2.23. The third-order valence-electron chi connectivity index (χ3n) is 4.04. The standard InChI is InChI=1S/C22H35NO5S/c1-14(2)9-18(21(25)28-22(6,7)8)12-19(24)13-23-29(26,27)20-16(4)10-15(3)11-17(20)5/h10-12,14,19,23-24H,9,13H2,1-8H3/t19-/m1/s1. The Morgan fingerprint density at radius 2 is 1.69 bits per heavy atom. The lowest BCUT2D eigenvalue weighted by atomic mass is 10.0. The van der Waals surface area contributed by atoms with E-state index >= 15 is 0 Å². The van der Waals surface area contributed by atoms with Crippen LogP contribution in [0.15, 0.2) is 28.7 Å². The fourth-order valence-electron chi connectivity index (χ4n) is 3.15. The number of hydrogen-bond donors (Lipinski definition) is 2. The molecule has 1 atom stereocenters. The molecule has 0 aromatic heterocycles. The van der Waals surface area contributed by atoms with E-state index in [1.165, 1.54) is 6.08 Å². The minimum atomic E-state index is -3.80. The Balaban J connectivity index is 3.00. The normalized spacial score (nSPS) is 14.2. The number of ether oxygens (including phenoxy) is 1. The van der Waals surface area contributed by atoms with Gasteiger partial charge in [0, 0.05) is 12.1 Å². The Morgan fingerprint density at radius 3 is 2.14 bits per heavy atom. The molecule has 1 aromatic rings. The number of benzene rings is 1. The van der Waals surface area contributed by atoms with Crippen molar-refractivity contribution in [2.24, 2.45) is 5.92 Å². The molecule has 0 unspecified atom stereocenters. The van der Waals surface area contributed by atoms with Crippen LogP contribution in [0.25, 0.3) is 0 Å². The molecule has 0 amide bonds. The van der Waals surface area contributed by atoms with Crippen molar-refractivity contribution < 1.29 is 23.1 Å². The molecule has 0 heterocycles. The van der Waals surface area contributed by atoms with E-state index in [0.29, 0.717) is 23.1 Å². The summed E-state index contributed by atoms with van der Waals surface area (Å²) >= 11 is 0. The van der Waals surface area contributed by atoms with Gasteiger partial charge in [-0.3, -0.25) is 0 Å². The van der Waals surface area contributed by atoms with Gasteiger partial charge in [-0.25, -0.2) is 17.9 Å². The Labute approximate surface area is 175 Å². The zero-order chi connectivity index (χ0) is 22.6. The summed E-state index contributed by atoms with van der Waals surface area (Å²) in [6.45, 7) is 14.4. The van der Waals surface area contributed by atoms with E-state index in [2.05, 4.69) is 4.72 Å². The number of nitrogens with one attached hydrogen (secondary N) is 1. The number of carbonyl (C=O) groups excluding carboxylic acids is 1. The van der Waals surface area contributed by atoms with E-state index in [0.717, 1.165) is 5.56 Å². The lowest BCUT2D eigenvalue weighted by Gasteiger charge is -2.22. The zero-order valence-electron chi connectivity index (χ0n) is 18.8. The number of aryl methyl sites for hydroxylation is 3. The van der Waals surface area contributed by atoms with Crippen LogP contribution in [0.4, 0.5) is 0 Å². The molecule has 7 heteroatoms. The molecule has 0 aliphatic rings. The fraction of sp³-hybridized carbons (Fsp3) is 0.591.